The highest BCUT2D eigenvalue weighted by atomic mass is 16.8. The Kier molecular flexibility index (Phi) is 23.2. The molecular formula is C95H141N12O11+. The predicted octanol–water partition coefficient (Wildman–Crippen LogP) is 17.9. The lowest BCUT2D eigenvalue weighted by Gasteiger charge is -2.59. The molecule has 23 heteroatoms. The number of hydrogen-bond acceptors (Lipinski definition) is 18. The van der Waals surface area contributed by atoms with Crippen molar-refractivity contribution in [2.75, 3.05) is 52.9 Å². The van der Waals surface area contributed by atoms with Crippen LogP contribution in [0.1, 0.15) is 289 Å². The van der Waals surface area contributed by atoms with E-state index >= 15 is 0 Å². The summed E-state index contributed by atoms with van der Waals surface area (Å²) in [5, 5.41) is 25.7. The minimum atomic E-state index is -0.530. The SMILES string of the molecule is C.C.C.C.C.CC1(C)C(=O)CC[C@]2(C)c3nc4ccnn4cc3CC[C@@H]12.CC1(C)[C@@H]2CC/C(=C\O)C(=O)[C@@]2(C)CCC12OCCO2.CC1(C)[C@@H]2CCc3cn4nccc4nc3[C@@]2(C)CCC12OCCO2.CC1(C)[C@@H]2CCc3cn4nccc4nc3[C@@]2(C)CCC12OCCO2.CC1(C)[C@@H]2CCc3cnc4cc[nH][n+]4c3[C@@]2(C)CCC12OCCO2. The number of rotatable bonds is 0. The highest BCUT2D eigenvalue weighted by Gasteiger charge is 2.69. The number of aliphatic hydroxyl groups is 1. The second-order valence-electron chi connectivity index (χ2n) is 39.9. The van der Waals surface area contributed by atoms with Gasteiger partial charge in [0.25, 0.3) is 0 Å². The van der Waals surface area contributed by atoms with Crippen LogP contribution in [0.25, 0.3) is 22.6 Å². The first kappa shape index (κ1) is 88.8. The molecular weight excluding hydrogens is 1490 g/mol. The van der Waals surface area contributed by atoms with Crippen molar-refractivity contribution in [2.45, 2.75) is 314 Å². The number of carbonyl (C=O) groups excluding carboxylic acids is 2. The fourth-order valence-corrected chi connectivity index (χ4v) is 27.0. The van der Waals surface area contributed by atoms with Gasteiger partial charge in [0.2, 0.25) is 0 Å². The standard InChI is InChI=1S/3C19H25N3O2.C17H21N3O.C16H24O4.5CH4/c1-17(2)14-5-4-13-12-20-15-6-9-21-22(15)16(13)18(14,3)7-8-19(17)23-10-11-24-19;2*1-17(2)14-5-4-13-12-22-15(6-9-20-22)21-16(13)18(14,3)7-8-19(17)23-10-11-24-19;1-16(2)12-5-4-11-10-20-14(7-9-18-20)19-15(11)17(12,3)8-6-13(16)21;1-14(2)12-5-4-11(10-17)13(18)15(12,3)6-7-16(14)19-8-9-20-16;;;;;/h3*6,9,12,14H,4-5,7-8,10-11H2,1-3H3;7,9-10,12H,4-6,8H2,1-3H3;10,12,17H,4-9H2,1-3H3;5*1H4/p+1/b;;;;11-10+;;;;;/t3*14-,18-;12-,17-;12-,15-;;;;;/m00000...../s1. The van der Waals surface area contributed by atoms with Crippen LogP contribution in [-0.2, 0) is 94.8 Å². The molecule has 22 rings (SSSR count). The van der Waals surface area contributed by atoms with Crippen molar-refractivity contribution in [2.24, 2.45) is 62.1 Å². The number of fused-ring (bicyclic) bond motifs is 18. The first-order valence-corrected chi connectivity index (χ1v) is 42.6. The summed E-state index contributed by atoms with van der Waals surface area (Å²) in [6.07, 6.45) is 36.4. The Balaban J connectivity index is 0.000000127. The van der Waals surface area contributed by atoms with E-state index in [1.807, 2.05) is 63.3 Å². The molecule has 0 aromatic carbocycles. The summed E-state index contributed by atoms with van der Waals surface area (Å²) in [4.78, 5) is 44.6. The number of ketones is 2. The highest BCUT2D eigenvalue weighted by Crippen LogP contribution is 2.67. The quantitative estimate of drug-likeness (QED) is 0.0813. The molecule has 10 aliphatic carbocycles. The van der Waals surface area contributed by atoms with Crippen molar-refractivity contribution in [3.05, 3.63) is 131 Å². The minimum absolute atomic E-state index is 0. The van der Waals surface area contributed by atoms with E-state index in [0.29, 0.717) is 61.1 Å². The zero-order chi connectivity index (χ0) is 79.2. The summed E-state index contributed by atoms with van der Waals surface area (Å²) < 4.78 is 57.0. The molecule has 8 aromatic heterocycles. The van der Waals surface area contributed by atoms with Crippen LogP contribution < -0.4 is 4.52 Å². The van der Waals surface area contributed by atoms with Crippen LogP contribution in [-0.4, -0.2) is 147 Å². The third-order valence-electron chi connectivity index (χ3n) is 33.2. The number of aromatic amines is 1. The Morgan fingerprint density at radius 2 is 0.737 bits per heavy atom. The van der Waals surface area contributed by atoms with E-state index in [2.05, 4.69) is 152 Å². The molecule has 4 saturated heterocycles. The Morgan fingerprint density at radius 1 is 0.407 bits per heavy atom. The lowest BCUT2D eigenvalue weighted by molar-refractivity contribution is -0.595. The summed E-state index contributed by atoms with van der Waals surface area (Å²) >= 11 is 0. The van der Waals surface area contributed by atoms with Gasteiger partial charge in [-0.15, -0.1) is 4.52 Å². The Bertz CT molecular complexity index is 4920. The number of allylic oxidation sites excluding steroid dienone is 1. The largest absolute Gasteiger partial charge is 0.515 e. The first-order valence-electron chi connectivity index (χ1n) is 42.6. The van der Waals surface area contributed by atoms with E-state index in [1.54, 1.807) is 6.20 Å². The molecule has 4 spiro atoms. The second-order valence-corrected chi connectivity index (χ2v) is 39.9. The number of aromatic nitrogens is 12. The van der Waals surface area contributed by atoms with Gasteiger partial charge < -0.3 is 43.0 Å². The number of H-pyrrole nitrogens is 1. The summed E-state index contributed by atoms with van der Waals surface area (Å²) in [6, 6.07) is 7.98. The van der Waals surface area contributed by atoms with Gasteiger partial charge in [-0.2, -0.15) is 15.3 Å². The average Bonchev–Trinajstić information content (AvgIpc) is 1.02. The topological polar surface area (TPSA) is 252 Å². The second kappa shape index (κ2) is 30.8. The van der Waals surface area contributed by atoms with Crippen molar-refractivity contribution < 1.29 is 57.1 Å². The van der Waals surface area contributed by atoms with Crippen LogP contribution in [0.2, 0.25) is 0 Å². The number of aryl methyl sites for hydroxylation is 4. The number of hydrogen-bond donors (Lipinski definition) is 2. The van der Waals surface area contributed by atoms with Gasteiger partial charge in [0.05, 0.1) is 101 Å². The molecule has 118 heavy (non-hydrogen) atoms. The maximum atomic E-state index is 12.7. The highest BCUT2D eigenvalue weighted by molar-refractivity contribution is 6.00. The molecule has 12 heterocycles. The van der Waals surface area contributed by atoms with Crippen LogP contribution in [0, 0.1) is 62.1 Å². The number of Topliss-reactive ketones (excluding diaryl/α,β-unsaturated/α-hetero) is 2. The third kappa shape index (κ3) is 12.8. The average molecular weight is 1630 g/mol. The van der Waals surface area contributed by atoms with Crippen LogP contribution in [0.5, 0.6) is 0 Å². The van der Waals surface area contributed by atoms with E-state index < -0.39 is 28.6 Å². The molecule has 10 atom stereocenters. The molecule has 6 saturated carbocycles. The summed E-state index contributed by atoms with van der Waals surface area (Å²) in [6.45, 7) is 39.8. The van der Waals surface area contributed by atoms with Gasteiger partial charge in [-0.1, -0.05) is 141 Å². The molecule has 8 aromatic rings. The van der Waals surface area contributed by atoms with Crippen LogP contribution in [0.4, 0.5) is 0 Å². The summed E-state index contributed by atoms with van der Waals surface area (Å²) in [5.74, 6) is 0.907. The molecule has 0 bridgehead atoms. The zero-order valence-corrected chi connectivity index (χ0v) is 69.6. The number of ether oxygens (including phenoxy) is 8. The molecule has 23 nitrogen and oxygen atoms in total. The van der Waals surface area contributed by atoms with Crippen molar-refractivity contribution in [1.29, 1.82) is 0 Å². The van der Waals surface area contributed by atoms with Gasteiger partial charge in [0.15, 0.2) is 45.9 Å². The van der Waals surface area contributed by atoms with E-state index in [4.69, 9.17) is 52.8 Å². The number of aliphatic hydroxyl groups excluding tert-OH is 1. The summed E-state index contributed by atoms with van der Waals surface area (Å²) in [7, 11) is 0. The van der Waals surface area contributed by atoms with Crippen molar-refractivity contribution >= 4 is 34.2 Å². The normalized spacial score (nSPS) is 32.9. The lowest BCUT2D eigenvalue weighted by Crippen LogP contribution is -2.63. The summed E-state index contributed by atoms with van der Waals surface area (Å²) in [5.41, 5.74) is 14.3. The predicted molar refractivity (Wildman–Crippen MR) is 456 cm³/mol. The van der Waals surface area contributed by atoms with Gasteiger partial charge in [-0.25, -0.2) is 33.6 Å². The Hall–Kier alpha value is -6.96. The van der Waals surface area contributed by atoms with Crippen molar-refractivity contribution in [3.63, 3.8) is 0 Å². The Labute approximate surface area is 701 Å². The van der Waals surface area contributed by atoms with E-state index in [1.165, 1.54) is 51.5 Å². The van der Waals surface area contributed by atoms with Crippen molar-refractivity contribution in [1.82, 2.24) is 53.9 Å². The molecule has 14 aliphatic rings. The van der Waals surface area contributed by atoms with E-state index in [-0.39, 0.29) is 97.6 Å². The van der Waals surface area contributed by atoms with E-state index in [9.17, 15) is 14.7 Å². The first-order chi connectivity index (χ1) is 53.7. The van der Waals surface area contributed by atoms with Gasteiger partial charge in [0, 0.05) is 140 Å². The third-order valence-corrected chi connectivity index (χ3v) is 33.2. The number of nitrogens with one attached hydrogen (secondary N) is 1. The number of nitrogens with zero attached hydrogens (tertiary/aromatic N) is 11. The molecule has 646 valence electrons. The van der Waals surface area contributed by atoms with E-state index in [0.717, 1.165) is 178 Å². The maximum absolute atomic E-state index is 12.7. The molecule has 0 radical (unpaired) electrons. The van der Waals surface area contributed by atoms with Gasteiger partial charge >= 0.3 is 5.65 Å². The van der Waals surface area contributed by atoms with Crippen molar-refractivity contribution in [3.8, 4) is 0 Å². The molecule has 10 fully saturated rings. The lowest BCUT2D eigenvalue weighted by atomic mass is 9.48. The Morgan fingerprint density at radius 3 is 1.13 bits per heavy atom. The molecule has 2 N–H and O–H groups in total. The minimum Gasteiger partial charge on any atom is -0.515 e. The van der Waals surface area contributed by atoms with Gasteiger partial charge in [-0.05, 0) is 148 Å². The molecule has 4 aliphatic heterocycles. The molecule has 0 unspecified atom stereocenters. The zero-order valence-electron chi connectivity index (χ0n) is 69.6. The van der Waals surface area contributed by atoms with Gasteiger partial charge in [-0.3, -0.25) is 9.59 Å². The maximum Gasteiger partial charge on any atom is 0.348 e. The van der Waals surface area contributed by atoms with Crippen LogP contribution in [0.15, 0.2) is 85.7 Å². The fourth-order valence-electron chi connectivity index (χ4n) is 27.0. The number of carbonyl (C=O) groups is 2. The fraction of sp³-hybridized carbons (Fsp3) is 0.705. The van der Waals surface area contributed by atoms with Gasteiger partial charge in [0.1, 0.15) is 17.7 Å². The smallest absolute Gasteiger partial charge is 0.348 e. The monoisotopic (exact) mass is 1630 g/mol. The molecule has 0 amide bonds. The van der Waals surface area contributed by atoms with Crippen LogP contribution >= 0.6 is 0 Å². The van der Waals surface area contributed by atoms with Crippen LogP contribution in [0.3, 0.4) is 0 Å².